The number of nitrogens with one attached hydrogen (secondary N) is 2. The molecule has 0 saturated carbocycles. The van der Waals surface area contributed by atoms with Gasteiger partial charge in [0, 0.05) is 40.2 Å². The number of aliphatic hydroxyl groups is 1. The zero-order valence-electron chi connectivity index (χ0n) is 22.3. The highest BCUT2D eigenvalue weighted by atomic mass is 32.2. The number of benzene rings is 1. The fourth-order valence-electron chi connectivity index (χ4n) is 3.96. The second kappa shape index (κ2) is 14.5. The number of H-pyrrole nitrogens is 2. The minimum atomic E-state index is -0.671. The lowest BCUT2D eigenvalue weighted by atomic mass is 10.1. The Kier molecular flexibility index (Phi) is 11.1. The standard InChI is InChI=1S/C15H18N2O3S.C10H13N5O4/c1-3-12-13(18)16-15(19)17(10-20-4-2)14(12)21-11-8-6-5-7-9-11;1-5-3-15(10(18)12-9(5)17)8-2-6(13-14-11)7(4-16)19-8/h5-9H,3-4,10H2,1-2H3,(H,16,18,19);3,6-8,16H,2,4H2,1H3,(H,12,17,18)/t;6-,7+,8+/m.0/s1. The number of nitrogens with zero attached hydrogens (tertiary/aromatic N) is 5. The zero-order valence-corrected chi connectivity index (χ0v) is 23.1. The van der Waals surface area contributed by atoms with Crippen LogP contribution in [-0.4, -0.2) is 49.6 Å². The molecule has 1 saturated heterocycles. The fourth-order valence-corrected chi connectivity index (χ4v) is 5.08. The summed E-state index contributed by atoms with van der Waals surface area (Å²) in [6.07, 6.45) is 0.881. The van der Waals surface area contributed by atoms with Gasteiger partial charge in [0.25, 0.3) is 11.1 Å². The molecule has 2 aromatic heterocycles. The van der Waals surface area contributed by atoms with E-state index in [1.807, 2.05) is 44.2 Å². The van der Waals surface area contributed by atoms with Gasteiger partial charge in [0.05, 0.1) is 23.8 Å². The maximum Gasteiger partial charge on any atom is 0.331 e. The first-order valence-corrected chi connectivity index (χ1v) is 13.3. The Balaban J connectivity index is 0.000000222. The number of aromatic nitrogens is 4. The zero-order chi connectivity index (χ0) is 29.2. The van der Waals surface area contributed by atoms with Crippen LogP contribution in [-0.2, 0) is 22.6 Å². The van der Waals surface area contributed by atoms with Crippen LogP contribution < -0.4 is 22.5 Å². The molecule has 3 N–H and O–H groups in total. The number of hydrogen-bond acceptors (Lipinski definition) is 9. The van der Waals surface area contributed by atoms with Crippen LogP contribution in [0.1, 0.15) is 37.6 Å². The van der Waals surface area contributed by atoms with Gasteiger partial charge in [0.15, 0.2) is 0 Å². The summed E-state index contributed by atoms with van der Waals surface area (Å²) in [5, 5.41) is 13.3. The number of aryl methyl sites for hydroxylation is 1. The van der Waals surface area contributed by atoms with Gasteiger partial charge < -0.3 is 14.6 Å². The minimum Gasteiger partial charge on any atom is -0.394 e. The molecule has 0 amide bonds. The summed E-state index contributed by atoms with van der Waals surface area (Å²) in [5.74, 6) is 0. The topological polar surface area (TPSA) is 197 Å². The molecule has 3 heterocycles. The highest BCUT2D eigenvalue weighted by Gasteiger charge is 2.35. The lowest BCUT2D eigenvalue weighted by molar-refractivity contribution is -0.0271. The van der Waals surface area contributed by atoms with Crippen LogP contribution in [0.25, 0.3) is 10.4 Å². The number of ether oxygens (including phenoxy) is 2. The van der Waals surface area contributed by atoms with E-state index in [0.717, 1.165) is 4.90 Å². The van der Waals surface area contributed by atoms with Crippen molar-refractivity contribution in [3.63, 3.8) is 0 Å². The summed E-state index contributed by atoms with van der Waals surface area (Å²) in [7, 11) is 0. The monoisotopic (exact) mass is 573 g/mol. The van der Waals surface area contributed by atoms with Crippen molar-refractivity contribution in [3.8, 4) is 0 Å². The van der Waals surface area contributed by atoms with Crippen LogP contribution in [0.5, 0.6) is 0 Å². The molecule has 0 radical (unpaired) electrons. The highest BCUT2D eigenvalue weighted by molar-refractivity contribution is 7.99. The average molecular weight is 574 g/mol. The van der Waals surface area contributed by atoms with Gasteiger partial charge in [-0.1, -0.05) is 42.0 Å². The lowest BCUT2D eigenvalue weighted by Gasteiger charge is -2.14. The van der Waals surface area contributed by atoms with Crippen molar-refractivity contribution in [1.82, 2.24) is 19.1 Å². The van der Waals surface area contributed by atoms with E-state index in [9.17, 15) is 19.2 Å². The van der Waals surface area contributed by atoms with Crippen molar-refractivity contribution in [2.24, 2.45) is 5.11 Å². The van der Waals surface area contributed by atoms with E-state index in [2.05, 4.69) is 20.0 Å². The Morgan fingerprint density at radius 1 is 1.15 bits per heavy atom. The predicted octanol–water partition coefficient (Wildman–Crippen LogP) is 2.05. The maximum absolute atomic E-state index is 12.0. The molecule has 14 nitrogen and oxygen atoms in total. The molecule has 1 aliphatic rings. The fraction of sp³-hybridized carbons (Fsp3) is 0.440. The number of aromatic amines is 2. The van der Waals surface area contributed by atoms with Gasteiger partial charge in [-0.2, -0.15) is 0 Å². The molecular weight excluding hydrogens is 542 g/mol. The van der Waals surface area contributed by atoms with Crippen LogP contribution in [0.15, 0.2) is 70.7 Å². The Morgan fingerprint density at radius 2 is 1.85 bits per heavy atom. The van der Waals surface area contributed by atoms with Gasteiger partial charge >= 0.3 is 11.4 Å². The lowest BCUT2D eigenvalue weighted by Crippen LogP contribution is -2.34. The van der Waals surface area contributed by atoms with E-state index >= 15 is 0 Å². The largest absolute Gasteiger partial charge is 0.394 e. The SMILES string of the molecule is CCOCn1c(Sc2ccccc2)c(CC)c(=O)[nH]c1=O.Cc1cn([C@H]2C[C@H](N=[N+]=[N-])[C@@H](CO)O2)c(=O)[nH]c1=O. The van der Waals surface area contributed by atoms with Crippen molar-refractivity contribution in [3.05, 3.63) is 99.8 Å². The molecule has 1 aromatic carbocycles. The quantitative estimate of drug-likeness (QED) is 0.149. The van der Waals surface area contributed by atoms with Gasteiger partial charge in [0.2, 0.25) is 0 Å². The number of azide groups is 1. The molecule has 3 aromatic rings. The smallest absolute Gasteiger partial charge is 0.331 e. The summed E-state index contributed by atoms with van der Waals surface area (Å²) >= 11 is 1.41. The van der Waals surface area contributed by atoms with Crippen molar-refractivity contribution in [1.29, 1.82) is 0 Å². The first kappa shape index (κ1) is 30.7. The number of rotatable bonds is 9. The molecule has 1 fully saturated rings. The summed E-state index contributed by atoms with van der Waals surface area (Å²) < 4.78 is 13.5. The second-order valence-electron chi connectivity index (χ2n) is 8.66. The molecule has 214 valence electrons. The summed E-state index contributed by atoms with van der Waals surface area (Å²) in [5.41, 5.74) is 7.59. The highest BCUT2D eigenvalue weighted by Crippen LogP contribution is 2.30. The first-order valence-electron chi connectivity index (χ1n) is 12.5. The Morgan fingerprint density at radius 3 is 2.48 bits per heavy atom. The third-order valence-electron chi connectivity index (χ3n) is 6.02. The molecule has 3 atom stereocenters. The van der Waals surface area contributed by atoms with E-state index in [1.54, 1.807) is 6.92 Å². The Hall–Kier alpha value is -3.88. The van der Waals surface area contributed by atoms with Gasteiger partial charge in [-0.3, -0.25) is 28.7 Å². The van der Waals surface area contributed by atoms with Crippen molar-refractivity contribution < 1.29 is 14.6 Å². The molecular formula is C25H31N7O7S. The van der Waals surface area contributed by atoms with Crippen LogP contribution in [0.3, 0.4) is 0 Å². The van der Waals surface area contributed by atoms with E-state index in [0.29, 0.717) is 29.2 Å². The third kappa shape index (κ3) is 7.40. The van der Waals surface area contributed by atoms with Gasteiger partial charge in [-0.15, -0.1) is 0 Å². The van der Waals surface area contributed by atoms with Crippen LogP contribution in [0.2, 0.25) is 0 Å². The first-order chi connectivity index (χ1) is 19.2. The molecule has 0 bridgehead atoms. The average Bonchev–Trinajstić information content (AvgIpc) is 3.34. The minimum absolute atomic E-state index is 0.133. The van der Waals surface area contributed by atoms with Crippen LogP contribution in [0.4, 0.5) is 0 Å². The molecule has 4 rings (SSSR count). The number of hydrogen-bond donors (Lipinski definition) is 3. The van der Waals surface area contributed by atoms with Crippen molar-refractivity contribution in [2.75, 3.05) is 13.2 Å². The summed E-state index contributed by atoms with van der Waals surface area (Å²) in [6, 6.07) is 9.12. The molecule has 0 unspecified atom stereocenters. The predicted molar refractivity (Wildman–Crippen MR) is 147 cm³/mol. The molecule has 1 aliphatic heterocycles. The third-order valence-corrected chi connectivity index (χ3v) is 7.19. The number of aliphatic hydroxyl groups excluding tert-OH is 1. The maximum atomic E-state index is 12.0. The van der Waals surface area contributed by atoms with Gasteiger partial charge in [0.1, 0.15) is 13.0 Å². The second-order valence-corrected chi connectivity index (χ2v) is 9.72. The Bertz CT molecular complexity index is 1580. The molecule has 0 spiro atoms. The van der Waals surface area contributed by atoms with Crippen LogP contribution in [0, 0.1) is 6.92 Å². The van der Waals surface area contributed by atoms with Crippen molar-refractivity contribution >= 4 is 11.8 Å². The van der Waals surface area contributed by atoms with Crippen LogP contribution >= 0.6 is 11.8 Å². The van der Waals surface area contributed by atoms with Gasteiger partial charge in [-0.25, -0.2) is 9.59 Å². The van der Waals surface area contributed by atoms with E-state index in [-0.39, 0.29) is 25.3 Å². The van der Waals surface area contributed by atoms with E-state index in [1.165, 1.54) is 27.1 Å². The van der Waals surface area contributed by atoms with Crippen molar-refractivity contribution in [2.45, 2.75) is 68.6 Å². The van der Waals surface area contributed by atoms with E-state index < -0.39 is 35.3 Å². The van der Waals surface area contributed by atoms with E-state index in [4.69, 9.17) is 20.1 Å². The summed E-state index contributed by atoms with van der Waals surface area (Å²) in [6.45, 7) is 5.66. The molecule has 0 aliphatic carbocycles. The normalized spacial score (nSPS) is 18.1. The molecule has 40 heavy (non-hydrogen) atoms. The summed E-state index contributed by atoms with van der Waals surface area (Å²) in [4.78, 5) is 55.2. The van der Waals surface area contributed by atoms with Gasteiger partial charge in [-0.05, 0) is 37.9 Å². The Labute approximate surface area is 232 Å². The molecule has 15 heteroatoms.